The Kier molecular flexibility index (Phi) is 4.25. The van der Waals surface area contributed by atoms with Crippen LogP contribution < -0.4 is 10.6 Å². The van der Waals surface area contributed by atoms with Crippen LogP contribution in [0.3, 0.4) is 0 Å². The molecule has 0 aromatic heterocycles. The maximum atomic E-state index is 14.1. The van der Waals surface area contributed by atoms with Gasteiger partial charge in [0.2, 0.25) is 17.7 Å². The van der Waals surface area contributed by atoms with Crippen molar-refractivity contribution in [3.05, 3.63) is 65.2 Å². The second-order valence-electron chi connectivity index (χ2n) is 8.26. The van der Waals surface area contributed by atoms with E-state index in [1.165, 1.54) is 49.4 Å². The van der Waals surface area contributed by atoms with Gasteiger partial charge in [0.05, 0.1) is 24.5 Å². The topological polar surface area (TPSA) is 98.7 Å². The molecule has 0 aliphatic carbocycles. The van der Waals surface area contributed by atoms with E-state index in [-0.39, 0.29) is 12.1 Å². The Morgan fingerprint density at radius 3 is 2.42 bits per heavy atom. The van der Waals surface area contributed by atoms with Gasteiger partial charge in [0.1, 0.15) is 17.2 Å². The van der Waals surface area contributed by atoms with E-state index in [2.05, 4.69) is 10.6 Å². The molecule has 0 unspecified atom stereocenters. The summed E-state index contributed by atoms with van der Waals surface area (Å²) in [6.07, 6.45) is -1.06. The quantitative estimate of drug-likeness (QED) is 0.641. The fourth-order valence-corrected chi connectivity index (χ4v) is 5.11. The molecule has 0 saturated carbocycles. The second-order valence-corrected chi connectivity index (χ2v) is 8.26. The molecule has 3 amide bonds. The number of halogens is 2. The van der Waals surface area contributed by atoms with E-state index < -0.39 is 58.9 Å². The number of fused-ring (bicyclic) bond motifs is 4. The van der Waals surface area contributed by atoms with Crippen LogP contribution in [0.25, 0.3) is 0 Å². The van der Waals surface area contributed by atoms with E-state index in [1.807, 2.05) is 0 Å². The lowest BCUT2D eigenvalue weighted by atomic mass is 9.76. The largest absolute Gasteiger partial charge is 0.392 e. The third-order valence-electron chi connectivity index (χ3n) is 6.48. The average Bonchev–Trinajstić information content (AvgIpc) is 3.31. The number of rotatable bonds is 3. The van der Waals surface area contributed by atoms with Gasteiger partial charge in [-0.15, -0.1) is 0 Å². The summed E-state index contributed by atoms with van der Waals surface area (Å²) >= 11 is 0. The van der Waals surface area contributed by atoms with Gasteiger partial charge in [0.15, 0.2) is 0 Å². The van der Waals surface area contributed by atoms with Crippen LogP contribution in [0.1, 0.15) is 18.1 Å². The number of nitrogens with one attached hydrogen (secondary N) is 2. The molecule has 7 nitrogen and oxygen atoms in total. The van der Waals surface area contributed by atoms with Gasteiger partial charge in [-0.1, -0.05) is 12.1 Å². The summed E-state index contributed by atoms with van der Waals surface area (Å²) in [5.41, 5.74) is -0.545. The number of anilines is 1. The highest BCUT2D eigenvalue weighted by Gasteiger charge is 2.71. The van der Waals surface area contributed by atoms with E-state index in [0.717, 1.165) is 4.90 Å². The Bertz CT molecular complexity index is 1120. The number of nitrogens with zero attached hydrogens (tertiary/aromatic N) is 1. The molecule has 31 heavy (non-hydrogen) atoms. The van der Waals surface area contributed by atoms with Gasteiger partial charge in [-0.25, -0.2) is 8.78 Å². The zero-order chi connectivity index (χ0) is 22.1. The molecule has 9 heteroatoms. The fourth-order valence-electron chi connectivity index (χ4n) is 5.11. The Morgan fingerprint density at radius 1 is 1.06 bits per heavy atom. The van der Waals surface area contributed by atoms with Crippen LogP contribution in [-0.2, 0) is 26.5 Å². The Balaban J connectivity index is 1.61. The predicted molar refractivity (Wildman–Crippen MR) is 104 cm³/mol. The molecular formula is C22H19F2N3O4. The van der Waals surface area contributed by atoms with E-state index >= 15 is 0 Å². The van der Waals surface area contributed by atoms with Gasteiger partial charge < -0.3 is 10.4 Å². The Labute approximate surface area is 176 Å². The number of carbonyl (C=O) groups is 3. The lowest BCUT2D eigenvalue weighted by molar-refractivity contribution is -0.143. The van der Waals surface area contributed by atoms with E-state index in [9.17, 15) is 28.3 Å². The van der Waals surface area contributed by atoms with Crippen molar-refractivity contribution in [3.8, 4) is 0 Å². The van der Waals surface area contributed by atoms with Crippen LogP contribution in [0, 0.1) is 23.5 Å². The summed E-state index contributed by atoms with van der Waals surface area (Å²) in [7, 11) is 0. The van der Waals surface area contributed by atoms with Gasteiger partial charge in [-0.2, -0.15) is 0 Å². The van der Waals surface area contributed by atoms with Crippen molar-refractivity contribution in [2.24, 2.45) is 11.8 Å². The maximum Gasteiger partial charge on any atom is 0.250 e. The molecule has 3 heterocycles. The Hall–Kier alpha value is -3.17. The van der Waals surface area contributed by atoms with Gasteiger partial charge in [-0.05, 0) is 42.8 Å². The van der Waals surface area contributed by atoms with Crippen LogP contribution in [0.4, 0.5) is 14.5 Å². The summed E-state index contributed by atoms with van der Waals surface area (Å²) in [5.74, 6) is -4.90. The minimum absolute atomic E-state index is 0.0921. The highest BCUT2D eigenvalue weighted by atomic mass is 19.1. The summed E-state index contributed by atoms with van der Waals surface area (Å²) in [6, 6.07) is 8.27. The summed E-state index contributed by atoms with van der Waals surface area (Å²) < 4.78 is 27.3. The van der Waals surface area contributed by atoms with Gasteiger partial charge >= 0.3 is 0 Å². The Morgan fingerprint density at radius 2 is 1.74 bits per heavy atom. The fraction of sp³-hybridized carbons (Fsp3) is 0.318. The van der Waals surface area contributed by atoms with Crippen LogP contribution in [-0.4, -0.2) is 39.9 Å². The second kappa shape index (κ2) is 6.66. The number of hydrogen-bond donors (Lipinski definition) is 3. The van der Waals surface area contributed by atoms with Gasteiger partial charge in [0.25, 0.3) is 0 Å². The average molecular weight is 427 g/mol. The lowest BCUT2D eigenvalue weighted by Crippen LogP contribution is -2.54. The maximum absolute atomic E-state index is 14.1. The standard InChI is InChI=1S/C22H19F2N3O4/c1-10(28)18-16-17(20(30)27(19(16)29)9-11-2-4-12(23)5-3-11)22(26-18)14-8-13(24)6-7-15(14)25-21(22)31/h2-8,10,16-18,26,28H,9H2,1H3,(H,25,31)/t10-,16+,17+,18+,22+/m1/s1. The molecule has 2 saturated heterocycles. The number of imide groups is 1. The molecule has 5 atom stereocenters. The number of amides is 3. The molecule has 5 rings (SSSR count). The minimum atomic E-state index is -1.67. The van der Waals surface area contributed by atoms with Crippen molar-refractivity contribution < 1.29 is 28.3 Å². The van der Waals surface area contributed by atoms with E-state index in [4.69, 9.17) is 0 Å². The first kappa shape index (κ1) is 19.8. The summed E-state index contributed by atoms with van der Waals surface area (Å²) in [6.45, 7) is 1.37. The minimum Gasteiger partial charge on any atom is -0.392 e. The van der Waals surface area contributed by atoms with Crippen LogP contribution in [0.15, 0.2) is 42.5 Å². The van der Waals surface area contributed by atoms with Crippen molar-refractivity contribution in [1.82, 2.24) is 10.2 Å². The summed E-state index contributed by atoms with van der Waals surface area (Å²) in [5, 5.41) is 16.0. The van der Waals surface area contributed by atoms with Gasteiger partial charge in [0, 0.05) is 17.3 Å². The first-order chi connectivity index (χ1) is 14.7. The smallest absolute Gasteiger partial charge is 0.250 e. The number of aliphatic hydroxyl groups is 1. The molecule has 0 bridgehead atoms. The molecule has 0 radical (unpaired) electrons. The van der Waals surface area contributed by atoms with Crippen LogP contribution in [0.2, 0.25) is 0 Å². The number of carbonyl (C=O) groups excluding carboxylic acids is 3. The van der Waals surface area contributed by atoms with Crippen molar-refractivity contribution in [2.75, 3.05) is 5.32 Å². The summed E-state index contributed by atoms with van der Waals surface area (Å²) in [4.78, 5) is 40.9. The molecule has 160 valence electrons. The number of aliphatic hydroxyl groups excluding tert-OH is 1. The SMILES string of the molecule is C[C@@H](O)[C@@H]1N[C@]2(C(=O)Nc3ccc(F)cc32)[C@@H]2C(=O)N(Cc3ccc(F)cc3)C(=O)[C@H]12. The molecule has 2 fully saturated rings. The normalized spacial score (nSPS) is 30.0. The first-order valence-electron chi connectivity index (χ1n) is 9.91. The monoisotopic (exact) mass is 427 g/mol. The molecule has 3 N–H and O–H groups in total. The van der Waals surface area contributed by atoms with E-state index in [1.54, 1.807) is 0 Å². The van der Waals surface area contributed by atoms with Crippen LogP contribution >= 0.6 is 0 Å². The molecular weight excluding hydrogens is 408 g/mol. The van der Waals surface area contributed by atoms with Crippen molar-refractivity contribution in [3.63, 3.8) is 0 Å². The third kappa shape index (κ3) is 2.66. The number of likely N-dealkylation sites (tertiary alicyclic amines) is 1. The molecule has 2 aromatic rings. The first-order valence-corrected chi connectivity index (χ1v) is 9.91. The van der Waals surface area contributed by atoms with Crippen LogP contribution in [0.5, 0.6) is 0 Å². The zero-order valence-electron chi connectivity index (χ0n) is 16.4. The van der Waals surface area contributed by atoms with Gasteiger partial charge in [-0.3, -0.25) is 24.6 Å². The zero-order valence-corrected chi connectivity index (χ0v) is 16.4. The third-order valence-corrected chi connectivity index (χ3v) is 6.48. The molecule has 2 aromatic carbocycles. The van der Waals surface area contributed by atoms with Crippen molar-refractivity contribution >= 4 is 23.4 Å². The number of benzene rings is 2. The van der Waals surface area contributed by atoms with E-state index in [0.29, 0.717) is 11.3 Å². The lowest BCUT2D eigenvalue weighted by Gasteiger charge is -2.30. The van der Waals surface area contributed by atoms with Crippen molar-refractivity contribution in [1.29, 1.82) is 0 Å². The highest BCUT2D eigenvalue weighted by molar-refractivity contribution is 6.15. The molecule has 3 aliphatic heterocycles. The highest BCUT2D eigenvalue weighted by Crippen LogP contribution is 2.53. The predicted octanol–water partition coefficient (Wildman–Crippen LogP) is 1.27. The molecule has 1 spiro atoms. The molecule has 3 aliphatic rings. The van der Waals surface area contributed by atoms with Crippen molar-refractivity contribution in [2.45, 2.75) is 31.2 Å². The number of hydrogen-bond acceptors (Lipinski definition) is 5.